The number of hydrogen-bond donors (Lipinski definition) is 0. The monoisotopic (exact) mass is 928 g/mol. The molecule has 2 aromatic heterocycles. The van der Waals surface area contributed by atoms with Crippen LogP contribution in [0.1, 0.15) is 114 Å². The zero-order chi connectivity index (χ0) is 47.1. The molecule has 366 valence electrons. The number of rotatable bonds is 12. The number of carbonyl (C=O) groups excluding carboxylic acids is 2. The Bertz CT molecular complexity index is 2220. The predicted molar refractivity (Wildman–Crippen MR) is 250 cm³/mol. The minimum atomic E-state index is -0.695. The van der Waals surface area contributed by atoms with Crippen molar-refractivity contribution in [2.24, 2.45) is 23.7 Å². The summed E-state index contributed by atoms with van der Waals surface area (Å²) in [5.74, 6) is -0.792. The molecule has 3 aliphatic heterocycles. The molecule has 67 heavy (non-hydrogen) atoms. The van der Waals surface area contributed by atoms with Crippen molar-refractivity contribution in [1.29, 1.82) is 0 Å². The Hall–Kier alpha value is -3.73. The van der Waals surface area contributed by atoms with Gasteiger partial charge in [0.2, 0.25) is 0 Å². The molecule has 1 saturated carbocycles. The topological polar surface area (TPSA) is 138 Å². The molecule has 0 amide bonds. The lowest BCUT2D eigenvalue weighted by Crippen LogP contribution is -2.59. The normalized spacial score (nSPS) is 38.0. The van der Waals surface area contributed by atoms with Gasteiger partial charge in [0.1, 0.15) is 31.0 Å². The number of pyridine rings is 1. The Morgan fingerprint density at radius 2 is 1.61 bits per heavy atom. The lowest BCUT2D eigenvalue weighted by molar-refractivity contribution is -0.314. The number of carbonyl (C=O) groups is 2. The van der Waals surface area contributed by atoms with Gasteiger partial charge in [-0.3, -0.25) is 9.59 Å². The molecule has 4 unspecified atom stereocenters. The van der Waals surface area contributed by atoms with E-state index in [1.807, 2.05) is 56.3 Å². The molecular formula is C53H73N3O11. The summed E-state index contributed by atoms with van der Waals surface area (Å²) in [5.41, 5.74) is 4.43. The SMILES string of the molecule is CC[C@H]1CCC[C@H](O[C@H]2CC[C@H](N(C)C)C(C)O2)[C@@H](C)C(=O)C2=C[C@H]3[C@@H]4C[C@H](O[C@@H]5OC(C)[C@H](OC)C(OC)C5OC)C[C@H]4c4c(nc5c(OCc6ccccc6)cccn45)[C@H]3[C@@H]2CC(=O)O1. The molecule has 0 radical (unpaired) electrons. The Labute approximate surface area is 396 Å². The Kier molecular flexibility index (Phi) is 14.9. The number of allylic oxidation sites excluding steroid dienone is 2. The zero-order valence-electron chi connectivity index (χ0n) is 40.9. The average Bonchev–Trinajstić information content (AvgIpc) is 4.03. The Balaban J connectivity index is 1.09. The number of imidazole rings is 1. The molecular weight excluding hydrogens is 855 g/mol. The highest BCUT2D eigenvalue weighted by molar-refractivity contribution is 5.99. The number of fused-ring (bicyclic) bond motifs is 10. The second kappa shape index (κ2) is 20.7. The van der Waals surface area contributed by atoms with Crippen LogP contribution in [-0.4, -0.2) is 129 Å². The molecule has 4 fully saturated rings. The molecule has 0 bridgehead atoms. The molecule has 17 atom stereocenters. The summed E-state index contributed by atoms with van der Waals surface area (Å²) in [6.45, 7) is 8.54. The lowest BCUT2D eigenvalue weighted by atomic mass is 9.66. The van der Waals surface area contributed by atoms with Gasteiger partial charge in [-0.2, -0.15) is 0 Å². The van der Waals surface area contributed by atoms with Gasteiger partial charge in [-0.05, 0) is 114 Å². The minimum Gasteiger partial charge on any atom is -0.485 e. The first-order chi connectivity index (χ1) is 32.4. The molecule has 0 N–H and O–H groups in total. The number of likely N-dealkylation sites (N-methyl/N-ethyl adjacent to an activating group) is 1. The van der Waals surface area contributed by atoms with E-state index in [-0.39, 0.29) is 78.5 Å². The van der Waals surface area contributed by atoms with E-state index in [9.17, 15) is 4.79 Å². The van der Waals surface area contributed by atoms with Crippen molar-refractivity contribution < 1.29 is 52.2 Å². The van der Waals surface area contributed by atoms with Crippen LogP contribution in [0.15, 0.2) is 60.3 Å². The predicted octanol–water partition coefficient (Wildman–Crippen LogP) is 7.79. The van der Waals surface area contributed by atoms with Crippen LogP contribution in [0.4, 0.5) is 0 Å². The molecule has 9 rings (SSSR count). The number of Topliss-reactive ketones (excluding diaryl/α,β-unsaturated/α-hetero) is 1. The lowest BCUT2D eigenvalue weighted by Gasteiger charge is -2.44. The second-order valence-electron chi connectivity index (χ2n) is 20.2. The first kappa shape index (κ1) is 48.3. The fourth-order valence-corrected chi connectivity index (χ4v) is 12.8. The summed E-state index contributed by atoms with van der Waals surface area (Å²) in [6, 6.07) is 14.4. The highest BCUT2D eigenvalue weighted by Gasteiger charge is 2.57. The standard InChI is InChI=1S/C53H73N3O11/c1-10-33-18-14-19-41(67-44-22-21-40(55(5)6)30(3)63-44)29(2)48(58)39-26-36-35-24-34(66-53-51(61-9)50(60-8)49(59-7)31(4)64-53)25-38(35)47-46(45(36)37(39)27-43(57)65-33)54-52-42(20-15-23-56(47)52)62-28-32-16-12-11-13-17-32/h11-13,15-17,20,23,26,29-31,33-38,40-41,44-45,49-51,53H,10,14,18-19,21-22,24-25,27-28H2,1-9H3/t29-,30?,31?,33+,34+,35+,36+,37-,38-,40+,41+,44+,45-,49+,50?,51?,53+/m1/s1. The van der Waals surface area contributed by atoms with E-state index in [0.29, 0.717) is 61.7 Å². The van der Waals surface area contributed by atoms with Crippen molar-refractivity contribution in [2.45, 2.75) is 171 Å². The van der Waals surface area contributed by atoms with Crippen molar-refractivity contribution in [3.8, 4) is 5.75 Å². The number of methoxy groups -OCH3 is 3. The maximum atomic E-state index is 15.4. The first-order valence-electron chi connectivity index (χ1n) is 24.9. The van der Waals surface area contributed by atoms with Crippen LogP contribution in [0.2, 0.25) is 0 Å². The summed E-state index contributed by atoms with van der Waals surface area (Å²) in [5, 5.41) is 0. The largest absolute Gasteiger partial charge is 0.485 e. The second-order valence-corrected chi connectivity index (χ2v) is 20.2. The molecule has 3 aliphatic carbocycles. The van der Waals surface area contributed by atoms with Crippen molar-refractivity contribution >= 4 is 17.4 Å². The van der Waals surface area contributed by atoms with Crippen LogP contribution in [0.25, 0.3) is 5.65 Å². The quantitative estimate of drug-likeness (QED) is 0.164. The molecule has 0 spiro atoms. The molecule has 14 heteroatoms. The molecule has 3 saturated heterocycles. The van der Waals surface area contributed by atoms with E-state index in [4.69, 9.17) is 47.6 Å². The molecule has 3 aromatic rings. The Morgan fingerprint density at radius 1 is 0.836 bits per heavy atom. The number of benzene rings is 1. The summed E-state index contributed by atoms with van der Waals surface area (Å²) >= 11 is 0. The maximum absolute atomic E-state index is 15.4. The van der Waals surface area contributed by atoms with Gasteiger partial charge in [0, 0.05) is 62.9 Å². The van der Waals surface area contributed by atoms with E-state index in [2.05, 4.69) is 49.5 Å². The first-order valence-corrected chi connectivity index (χ1v) is 24.9. The smallest absolute Gasteiger partial charge is 0.306 e. The van der Waals surface area contributed by atoms with Gasteiger partial charge in [-0.25, -0.2) is 4.98 Å². The number of ether oxygens (including phenoxy) is 9. The molecule has 6 aliphatic rings. The van der Waals surface area contributed by atoms with Gasteiger partial charge in [-0.1, -0.05) is 50.3 Å². The van der Waals surface area contributed by atoms with Crippen LogP contribution in [0, 0.1) is 23.7 Å². The highest BCUT2D eigenvalue weighted by Crippen LogP contribution is 2.62. The summed E-state index contributed by atoms with van der Waals surface area (Å²) in [4.78, 5) is 37.3. The van der Waals surface area contributed by atoms with Crippen LogP contribution >= 0.6 is 0 Å². The summed E-state index contributed by atoms with van der Waals surface area (Å²) in [7, 11) is 9.15. The van der Waals surface area contributed by atoms with Crippen LogP contribution in [-0.2, 0) is 54.1 Å². The number of hydrogen-bond acceptors (Lipinski definition) is 13. The fraction of sp³-hybridized carbons (Fsp3) is 0.679. The van der Waals surface area contributed by atoms with E-state index < -0.39 is 36.6 Å². The number of cyclic esters (lactones) is 1. The number of ketones is 1. The van der Waals surface area contributed by atoms with Gasteiger partial charge < -0.3 is 51.9 Å². The maximum Gasteiger partial charge on any atom is 0.306 e. The third kappa shape index (κ3) is 9.50. The van der Waals surface area contributed by atoms with Crippen molar-refractivity contribution in [2.75, 3.05) is 35.4 Å². The molecule has 1 aromatic carbocycles. The molecule has 14 nitrogen and oxygen atoms in total. The van der Waals surface area contributed by atoms with E-state index in [1.54, 1.807) is 21.3 Å². The van der Waals surface area contributed by atoms with Gasteiger partial charge in [0.15, 0.2) is 29.8 Å². The van der Waals surface area contributed by atoms with Gasteiger partial charge in [-0.15, -0.1) is 0 Å². The van der Waals surface area contributed by atoms with E-state index in [1.165, 1.54) is 0 Å². The van der Waals surface area contributed by atoms with Gasteiger partial charge in [0.05, 0.1) is 36.5 Å². The van der Waals surface area contributed by atoms with Crippen LogP contribution in [0.3, 0.4) is 0 Å². The van der Waals surface area contributed by atoms with E-state index >= 15 is 4.79 Å². The average molecular weight is 928 g/mol. The number of aromatic nitrogens is 2. The number of esters is 1. The van der Waals surface area contributed by atoms with Gasteiger partial charge >= 0.3 is 5.97 Å². The third-order valence-electron chi connectivity index (χ3n) is 16.1. The van der Waals surface area contributed by atoms with Gasteiger partial charge in [0.25, 0.3) is 0 Å². The third-order valence-corrected chi connectivity index (χ3v) is 16.1. The molecule has 5 heterocycles. The minimum absolute atomic E-state index is 0.00637. The summed E-state index contributed by atoms with van der Waals surface area (Å²) in [6.07, 6.45) is 6.82. The number of nitrogens with zero attached hydrogens (tertiary/aromatic N) is 3. The Morgan fingerprint density at radius 3 is 2.33 bits per heavy atom. The zero-order valence-corrected chi connectivity index (χ0v) is 40.9. The van der Waals surface area contributed by atoms with E-state index in [0.717, 1.165) is 36.2 Å². The fourth-order valence-electron chi connectivity index (χ4n) is 12.8. The van der Waals surface area contributed by atoms with Crippen molar-refractivity contribution in [1.82, 2.24) is 14.3 Å². The van der Waals surface area contributed by atoms with Crippen molar-refractivity contribution in [3.05, 3.63) is 77.3 Å². The van der Waals surface area contributed by atoms with Crippen LogP contribution < -0.4 is 4.74 Å². The summed E-state index contributed by atoms with van der Waals surface area (Å²) < 4.78 is 59.6. The van der Waals surface area contributed by atoms with Crippen molar-refractivity contribution in [3.63, 3.8) is 0 Å². The van der Waals surface area contributed by atoms with Crippen LogP contribution in [0.5, 0.6) is 5.75 Å². The highest BCUT2D eigenvalue weighted by atomic mass is 16.7.